The third kappa shape index (κ3) is 5.61. The highest BCUT2D eigenvalue weighted by molar-refractivity contribution is 7.89. The second-order valence-corrected chi connectivity index (χ2v) is 9.56. The molecule has 0 spiro atoms. The molecule has 34 heavy (non-hydrogen) atoms. The first-order valence-electron chi connectivity index (χ1n) is 10.5. The summed E-state index contributed by atoms with van der Waals surface area (Å²) in [5, 5.41) is 2.99. The minimum Gasteiger partial charge on any atom is -0.492 e. The molecule has 1 aliphatic heterocycles. The van der Waals surface area contributed by atoms with Crippen LogP contribution in [0.15, 0.2) is 71.6 Å². The summed E-state index contributed by atoms with van der Waals surface area (Å²) in [4.78, 5) is 13.1. The Morgan fingerprint density at radius 1 is 1.06 bits per heavy atom. The average molecular weight is 503 g/mol. The maximum Gasteiger partial charge on any atom is 0.245 e. The molecule has 1 atom stereocenters. The summed E-state index contributed by atoms with van der Waals surface area (Å²) < 4.78 is 45.3. The fraction of sp³-hybridized carbons (Fsp3) is 0.208. The standard InChI is InChI=1S/C24H23ClN2O6S/c1-2-31-21-10-8-17(25)13-23(21)34(29,30)27-19(12-16-6-4-3-5-7-16)24(28)26-18-9-11-20-22(14-18)33-15-32-20/h3-11,13-14,19,27H,2,12,15H2,1H3,(H,26,28). The number of halogens is 1. The lowest BCUT2D eigenvalue weighted by Crippen LogP contribution is -2.45. The Hall–Kier alpha value is -3.27. The van der Waals surface area contributed by atoms with Gasteiger partial charge in [-0.2, -0.15) is 4.72 Å². The minimum absolute atomic E-state index is 0.102. The zero-order valence-corrected chi connectivity index (χ0v) is 19.9. The summed E-state index contributed by atoms with van der Waals surface area (Å²) in [6.07, 6.45) is 0.126. The molecule has 0 aliphatic carbocycles. The van der Waals surface area contributed by atoms with Crippen molar-refractivity contribution in [1.29, 1.82) is 0 Å². The highest BCUT2D eigenvalue weighted by atomic mass is 35.5. The van der Waals surface area contributed by atoms with E-state index < -0.39 is 22.0 Å². The third-order valence-electron chi connectivity index (χ3n) is 5.03. The zero-order chi connectivity index (χ0) is 24.1. The van der Waals surface area contributed by atoms with Gasteiger partial charge in [0.05, 0.1) is 6.61 Å². The normalized spacial score (nSPS) is 13.4. The first-order chi connectivity index (χ1) is 16.4. The maximum atomic E-state index is 13.3. The van der Waals surface area contributed by atoms with Gasteiger partial charge in [-0.15, -0.1) is 0 Å². The van der Waals surface area contributed by atoms with Crippen molar-refractivity contribution < 1.29 is 27.4 Å². The van der Waals surface area contributed by atoms with E-state index in [0.717, 1.165) is 5.56 Å². The second kappa shape index (κ2) is 10.3. The molecule has 1 aliphatic rings. The Bertz CT molecular complexity index is 1280. The molecule has 0 saturated heterocycles. The Morgan fingerprint density at radius 2 is 1.82 bits per heavy atom. The number of benzene rings is 3. The number of amides is 1. The molecular formula is C24H23ClN2O6S. The molecule has 4 rings (SSSR count). The Labute approximate surface area is 202 Å². The van der Waals surface area contributed by atoms with E-state index in [1.807, 2.05) is 30.3 Å². The molecule has 0 bridgehead atoms. The van der Waals surface area contributed by atoms with Gasteiger partial charge in [0.15, 0.2) is 11.5 Å². The van der Waals surface area contributed by atoms with Crippen LogP contribution in [0, 0.1) is 0 Å². The van der Waals surface area contributed by atoms with E-state index in [1.165, 1.54) is 12.1 Å². The number of nitrogens with one attached hydrogen (secondary N) is 2. The van der Waals surface area contributed by atoms with E-state index in [-0.39, 0.29) is 35.5 Å². The topological polar surface area (TPSA) is 103 Å². The van der Waals surface area contributed by atoms with Gasteiger partial charge >= 0.3 is 0 Å². The van der Waals surface area contributed by atoms with Crippen molar-refractivity contribution in [3.05, 3.63) is 77.3 Å². The molecule has 2 N–H and O–H groups in total. The number of rotatable bonds is 9. The second-order valence-electron chi connectivity index (χ2n) is 7.44. The van der Waals surface area contributed by atoms with Crippen LogP contribution in [-0.2, 0) is 21.2 Å². The Balaban J connectivity index is 1.62. The molecule has 0 saturated carbocycles. The molecular weight excluding hydrogens is 480 g/mol. The quantitative estimate of drug-likeness (QED) is 0.458. The number of hydrogen-bond acceptors (Lipinski definition) is 6. The van der Waals surface area contributed by atoms with Gasteiger partial charge < -0.3 is 19.5 Å². The van der Waals surface area contributed by atoms with Crippen molar-refractivity contribution in [1.82, 2.24) is 4.72 Å². The van der Waals surface area contributed by atoms with E-state index in [0.29, 0.717) is 17.2 Å². The van der Waals surface area contributed by atoms with E-state index in [2.05, 4.69) is 10.0 Å². The average Bonchev–Trinajstić information content (AvgIpc) is 3.28. The van der Waals surface area contributed by atoms with Gasteiger partial charge in [-0.25, -0.2) is 8.42 Å². The number of fused-ring (bicyclic) bond motifs is 1. The molecule has 1 unspecified atom stereocenters. The fourth-order valence-electron chi connectivity index (χ4n) is 3.46. The van der Waals surface area contributed by atoms with Gasteiger partial charge in [0.2, 0.25) is 22.7 Å². The van der Waals surface area contributed by atoms with Gasteiger partial charge in [-0.1, -0.05) is 41.9 Å². The number of carbonyl (C=O) groups is 1. The lowest BCUT2D eigenvalue weighted by atomic mass is 10.1. The molecule has 10 heteroatoms. The zero-order valence-electron chi connectivity index (χ0n) is 18.3. The number of carbonyl (C=O) groups excluding carboxylic acids is 1. The van der Waals surface area contributed by atoms with Gasteiger partial charge in [0.25, 0.3) is 0 Å². The van der Waals surface area contributed by atoms with Crippen molar-refractivity contribution in [2.75, 3.05) is 18.7 Å². The minimum atomic E-state index is -4.17. The number of ether oxygens (including phenoxy) is 3. The first-order valence-corrected chi connectivity index (χ1v) is 12.4. The highest BCUT2D eigenvalue weighted by Gasteiger charge is 2.29. The van der Waals surface area contributed by atoms with Gasteiger partial charge in [-0.3, -0.25) is 4.79 Å². The van der Waals surface area contributed by atoms with Gasteiger partial charge in [-0.05, 0) is 49.2 Å². The Kier molecular flexibility index (Phi) is 7.26. The maximum absolute atomic E-state index is 13.3. The smallest absolute Gasteiger partial charge is 0.245 e. The van der Waals surface area contributed by atoms with E-state index in [4.69, 9.17) is 25.8 Å². The van der Waals surface area contributed by atoms with Crippen molar-refractivity contribution in [3.63, 3.8) is 0 Å². The molecule has 3 aromatic rings. The lowest BCUT2D eigenvalue weighted by molar-refractivity contribution is -0.117. The van der Waals surface area contributed by atoms with Gasteiger partial charge in [0, 0.05) is 16.8 Å². The van der Waals surface area contributed by atoms with Crippen molar-refractivity contribution >= 4 is 33.2 Å². The van der Waals surface area contributed by atoms with Crippen molar-refractivity contribution in [2.24, 2.45) is 0 Å². The first kappa shape index (κ1) is 23.9. The highest BCUT2D eigenvalue weighted by Crippen LogP contribution is 2.34. The van der Waals surface area contributed by atoms with Crippen LogP contribution in [0.4, 0.5) is 5.69 Å². The third-order valence-corrected chi connectivity index (χ3v) is 6.76. The predicted molar refractivity (Wildman–Crippen MR) is 128 cm³/mol. The van der Waals surface area contributed by atoms with Crippen LogP contribution < -0.4 is 24.2 Å². The monoisotopic (exact) mass is 502 g/mol. The summed E-state index contributed by atoms with van der Waals surface area (Å²) in [6, 6.07) is 17.3. The van der Waals surface area contributed by atoms with Crippen LogP contribution in [-0.4, -0.2) is 33.8 Å². The summed E-state index contributed by atoms with van der Waals surface area (Å²) in [5.74, 6) is 0.683. The van der Waals surface area contributed by atoms with Crippen LogP contribution >= 0.6 is 11.6 Å². The van der Waals surface area contributed by atoms with Crippen LogP contribution in [0.1, 0.15) is 12.5 Å². The molecule has 8 nitrogen and oxygen atoms in total. The van der Waals surface area contributed by atoms with E-state index in [1.54, 1.807) is 31.2 Å². The van der Waals surface area contributed by atoms with Crippen LogP contribution in [0.3, 0.4) is 0 Å². The SMILES string of the molecule is CCOc1ccc(Cl)cc1S(=O)(=O)NC(Cc1ccccc1)C(=O)Nc1ccc2c(c1)OCO2. The molecule has 1 heterocycles. The lowest BCUT2D eigenvalue weighted by Gasteiger charge is -2.20. The fourth-order valence-corrected chi connectivity index (χ4v) is 5.06. The number of anilines is 1. The molecule has 0 radical (unpaired) electrons. The van der Waals surface area contributed by atoms with Crippen LogP contribution in [0.25, 0.3) is 0 Å². The largest absolute Gasteiger partial charge is 0.492 e. The van der Waals surface area contributed by atoms with E-state index >= 15 is 0 Å². The number of sulfonamides is 1. The Morgan fingerprint density at radius 3 is 2.59 bits per heavy atom. The van der Waals surface area contributed by atoms with Crippen molar-refractivity contribution in [3.8, 4) is 17.2 Å². The summed E-state index contributed by atoms with van der Waals surface area (Å²) in [5.41, 5.74) is 1.23. The van der Waals surface area contributed by atoms with Crippen molar-refractivity contribution in [2.45, 2.75) is 24.3 Å². The molecule has 3 aromatic carbocycles. The van der Waals surface area contributed by atoms with Crippen LogP contribution in [0.2, 0.25) is 5.02 Å². The number of hydrogen-bond donors (Lipinski definition) is 2. The van der Waals surface area contributed by atoms with E-state index in [9.17, 15) is 13.2 Å². The summed E-state index contributed by atoms with van der Waals surface area (Å²) >= 11 is 6.06. The molecule has 1 amide bonds. The molecule has 178 valence electrons. The predicted octanol–water partition coefficient (Wildman–Crippen LogP) is 4.00. The van der Waals surface area contributed by atoms with Gasteiger partial charge in [0.1, 0.15) is 16.7 Å². The summed E-state index contributed by atoms with van der Waals surface area (Å²) in [6.45, 7) is 2.11. The molecule has 0 fully saturated rings. The van der Waals surface area contributed by atoms with Crippen LogP contribution in [0.5, 0.6) is 17.2 Å². The summed E-state index contributed by atoms with van der Waals surface area (Å²) in [7, 11) is -4.17. The molecule has 0 aromatic heterocycles.